The van der Waals surface area contributed by atoms with Gasteiger partial charge in [0.2, 0.25) is 0 Å². The molecular formula is C20H36N4O3. The van der Waals surface area contributed by atoms with Crippen molar-refractivity contribution >= 4 is 6.09 Å². The quantitative estimate of drug-likeness (QED) is 0.684. The number of hydrogen-bond donors (Lipinski definition) is 0. The average molecular weight is 381 g/mol. The maximum atomic E-state index is 12.4. The first-order valence-corrected chi connectivity index (χ1v) is 10.9. The second kappa shape index (κ2) is 8.64. The number of likely N-dealkylation sites (N-methyl/N-ethyl adjacent to an activating group) is 1. The zero-order valence-corrected chi connectivity index (χ0v) is 16.9. The maximum absolute atomic E-state index is 12.4. The second-order valence-electron chi connectivity index (χ2n) is 8.78. The van der Waals surface area contributed by atoms with Gasteiger partial charge in [-0.15, -0.1) is 0 Å². The summed E-state index contributed by atoms with van der Waals surface area (Å²) in [6.45, 7) is 15.5. The average Bonchev–Trinajstić information content (AvgIpc) is 3.30. The molecule has 0 bridgehead atoms. The van der Waals surface area contributed by atoms with Gasteiger partial charge in [0.15, 0.2) is 0 Å². The minimum atomic E-state index is -0.235. The molecule has 0 saturated carbocycles. The lowest BCUT2D eigenvalue weighted by molar-refractivity contribution is -0.00294. The van der Waals surface area contributed by atoms with Crippen LogP contribution >= 0.6 is 0 Å². The van der Waals surface area contributed by atoms with E-state index in [9.17, 15) is 4.79 Å². The molecule has 7 heteroatoms. The van der Waals surface area contributed by atoms with Crippen LogP contribution in [0.2, 0.25) is 0 Å². The van der Waals surface area contributed by atoms with Crippen molar-refractivity contribution < 1.29 is 14.3 Å². The van der Waals surface area contributed by atoms with Crippen LogP contribution in [-0.2, 0) is 9.47 Å². The van der Waals surface area contributed by atoms with Crippen molar-refractivity contribution in [1.29, 1.82) is 0 Å². The summed E-state index contributed by atoms with van der Waals surface area (Å²) in [5.74, 6) is 0.690. The molecule has 0 aromatic rings. The second-order valence-corrected chi connectivity index (χ2v) is 8.78. The van der Waals surface area contributed by atoms with Gasteiger partial charge in [-0.2, -0.15) is 0 Å². The van der Waals surface area contributed by atoms with E-state index < -0.39 is 0 Å². The highest BCUT2D eigenvalue weighted by atomic mass is 16.6. The van der Waals surface area contributed by atoms with Crippen molar-refractivity contribution in [3.63, 3.8) is 0 Å². The maximum Gasteiger partial charge on any atom is 0.410 e. The fourth-order valence-corrected chi connectivity index (χ4v) is 4.95. The smallest absolute Gasteiger partial charge is 0.410 e. The van der Waals surface area contributed by atoms with Crippen molar-refractivity contribution in [2.24, 2.45) is 5.92 Å². The zero-order valence-electron chi connectivity index (χ0n) is 16.9. The van der Waals surface area contributed by atoms with Crippen LogP contribution in [0.15, 0.2) is 0 Å². The summed E-state index contributed by atoms with van der Waals surface area (Å²) in [6, 6.07) is 0. The fourth-order valence-electron chi connectivity index (χ4n) is 4.95. The minimum absolute atomic E-state index is 0.0974. The van der Waals surface area contributed by atoms with Gasteiger partial charge in [0.1, 0.15) is 5.60 Å². The zero-order chi connectivity index (χ0) is 18.7. The summed E-state index contributed by atoms with van der Waals surface area (Å²) in [5, 5.41) is 0. The molecule has 4 saturated heterocycles. The molecule has 4 rings (SSSR count). The van der Waals surface area contributed by atoms with Gasteiger partial charge >= 0.3 is 6.09 Å². The Bertz CT molecular complexity index is 495. The number of amides is 1. The molecule has 0 N–H and O–H groups in total. The summed E-state index contributed by atoms with van der Waals surface area (Å²) in [4.78, 5) is 21.9. The molecule has 1 spiro atoms. The summed E-state index contributed by atoms with van der Waals surface area (Å²) >= 11 is 0. The van der Waals surface area contributed by atoms with Crippen molar-refractivity contribution in [1.82, 2.24) is 19.6 Å². The van der Waals surface area contributed by atoms with Crippen molar-refractivity contribution in [2.45, 2.75) is 31.8 Å². The summed E-state index contributed by atoms with van der Waals surface area (Å²) in [5.41, 5.74) is -0.235. The van der Waals surface area contributed by atoms with Crippen LogP contribution in [0.25, 0.3) is 0 Å². The Morgan fingerprint density at radius 1 is 1.00 bits per heavy atom. The Hall–Kier alpha value is -0.890. The highest BCUT2D eigenvalue weighted by Gasteiger charge is 2.47. The van der Waals surface area contributed by atoms with Crippen molar-refractivity contribution in [2.75, 3.05) is 85.2 Å². The number of likely N-dealkylation sites (tertiary alicyclic amines) is 1. The van der Waals surface area contributed by atoms with E-state index >= 15 is 0 Å². The number of ether oxygens (including phenoxy) is 2. The van der Waals surface area contributed by atoms with Gasteiger partial charge in [0.25, 0.3) is 0 Å². The van der Waals surface area contributed by atoms with Gasteiger partial charge in [-0.05, 0) is 18.9 Å². The summed E-state index contributed by atoms with van der Waals surface area (Å²) in [7, 11) is 0. The van der Waals surface area contributed by atoms with Crippen molar-refractivity contribution in [3.8, 4) is 0 Å². The van der Waals surface area contributed by atoms with Gasteiger partial charge in [0.05, 0.1) is 13.2 Å². The summed E-state index contributed by atoms with van der Waals surface area (Å²) in [6.07, 6.45) is 3.03. The van der Waals surface area contributed by atoms with Gasteiger partial charge in [-0.3, -0.25) is 4.90 Å². The predicted octanol–water partition coefficient (Wildman–Crippen LogP) is 0.947. The highest BCUT2D eigenvalue weighted by Crippen LogP contribution is 2.33. The molecule has 0 radical (unpaired) electrons. The van der Waals surface area contributed by atoms with E-state index in [0.29, 0.717) is 5.92 Å². The topological polar surface area (TPSA) is 48.5 Å². The first kappa shape index (κ1) is 19.4. The molecule has 4 heterocycles. The standard InChI is InChI=1S/C20H36N4O3/c1-2-21-8-10-22(11-9-21)12-13-24-17-20(27-19(24)25)4-6-23(7-5-20)15-18-3-14-26-16-18/h18H,2-17H2,1H3/t18-/m1/s1. The molecule has 0 aliphatic carbocycles. The monoisotopic (exact) mass is 380 g/mol. The molecule has 154 valence electrons. The van der Waals surface area contributed by atoms with Crippen molar-refractivity contribution in [3.05, 3.63) is 0 Å². The third-order valence-electron chi connectivity index (χ3n) is 6.95. The van der Waals surface area contributed by atoms with Gasteiger partial charge in [-0.1, -0.05) is 6.92 Å². The largest absolute Gasteiger partial charge is 0.441 e. The van der Waals surface area contributed by atoms with E-state index in [1.54, 1.807) is 0 Å². The molecule has 0 unspecified atom stereocenters. The van der Waals surface area contributed by atoms with Gasteiger partial charge in [0, 0.05) is 78.4 Å². The Morgan fingerprint density at radius 3 is 2.41 bits per heavy atom. The van der Waals surface area contributed by atoms with Crippen LogP contribution in [-0.4, -0.2) is 117 Å². The Balaban J connectivity index is 1.20. The Kier molecular flexibility index (Phi) is 6.21. The van der Waals surface area contributed by atoms with Crippen LogP contribution in [0.5, 0.6) is 0 Å². The number of carbonyl (C=O) groups is 1. The van der Waals surface area contributed by atoms with Crippen LogP contribution in [0.1, 0.15) is 26.2 Å². The molecule has 0 aromatic carbocycles. The van der Waals surface area contributed by atoms with E-state index in [0.717, 1.165) is 98.0 Å². The third kappa shape index (κ3) is 4.75. The first-order valence-electron chi connectivity index (χ1n) is 10.9. The van der Waals surface area contributed by atoms with E-state index in [2.05, 4.69) is 21.6 Å². The van der Waals surface area contributed by atoms with E-state index in [1.807, 2.05) is 4.90 Å². The molecule has 7 nitrogen and oxygen atoms in total. The van der Waals surface area contributed by atoms with E-state index in [4.69, 9.17) is 9.47 Å². The molecule has 27 heavy (non-hydrogen) atoms. The SMILES string of the molecule is CCN1CCN(CCN2CC3(CCN(C[C@H]4CCOC4)CC3)OC2=O)CC1. The minimum Gasteiger partial charge on any atom is -0.441 e. The normalized spacial score (nSPS) is 30.3. The lowest BCUT2D eigenvalue weighted by atomic mass is 9.90. The van der Waals surface area contributed by atoms with E-state index in [1.165, 1.54) is 6.42 Å². The highest BCUT2D eigenvalue weighted by molar-refractivity contribution is 5.70. The van der Waals surface area contributed by atoms with E-state index in [-0.39, 0.29) is 11.7 Å². The van der Waals surface area contributed by atoms with Crippen LogP contribution < -0.4 is 0 Å². The lowest BCUT2D eigenvalue weighted by Crippen LogP contribution is -2.49. The molecule has 4 fully saturated rings. The van der Waals surface area contributed by atoms with Gasteiger partial charge < -0.3 is 24.2 Å². The fraction of sp³-hybridized carbons (Fsp3) is 0.950. The predicted molar refractivity (Wildman–Crippen MR) is 104 cm³/mol. The molecule has 0 aromatic heterocycles. The third-order valence-corrected chi connectivity index (χ3v) is 6.95. The molecule has 4 aliphatic rings. The summed E-state index contributed by atoms with van der Waals surface area (Å²) < 4.78 is 11.4. The molecular weight excluding hydrogens is 344 g/mol. The number of carbonyl (C=O) groups excluding carboxylic acids is 1. The lowest BCUT2D eigenvalue weighted by Gasteiger charge is -2.38. The Morgan fingerprint density at radius 2 is 1.74 bits per heavy atom. The number of piperidine rings is 1. The van der Waals surface area contributed by atoms with Crippen LogP contribution in [0.3, 0.4) is 0 Å². The van der Waals surface area contributed by atoms with Crippen LogP contribution in [0, 0.1) is 5.92 Å². The number of hydrogen-bond acceptors (Lipinski definition) is 6. The number of piperazine rings is 1. The molecule has 1 atom stereocenters. The molecule has 1 amide bonds. The number of nitrogens with zero attached hydrogens (tertiary/aromatic N) is 4. The van der Waals surface area contributed by atoms with Gasteiger partial charge in [-0.25, -0.2) is 4.79 Å². The Labute approximate surface area is 163 Å². The number of rotatable bonds is 6. The first-order chi connectivity index (χ1) is 13.2. The molecule has 4 aliphatic heterocycles. The van der Waals surface area contributed by atoms with Crippen LogP contribution in [0.4, 0.5) is 4.79 Å².